The van der Waals surface area contributed by atoms with Crippen molar-refractivity contribution in [2.24, 2.45) is 5.92 Å². The predicted molar refractivity (Wildman–Crippen MR) is 70.2 cm³/mol. The topological polar surface area (TPSA) is 99.2 Å². The van der Waals surface area contributed by atoms with Crippen LogP contribution in [0.5, 0.6) is 0 Å². The van der Waals surface area contributed by atoms with E-state index in [0.29, 0.717) is 29.6 Å². The van der Waals surface area contributed by atoms with Crippen LogP contribution >= 0.6 is 0 Å². The number of aliphatic carboxylic acids is 1. The Bertz CT molecular complexity index is 666. The largest absolute Gasteiger partial charge is 0.481 e. The number of rotatable bonds is 2. The van der Waals surface area contributed by atoms with Gasteiger partial charge in [0.15, 0.2) is 0 Å². The van der Waals surface area contributed by atoms with Gasteiger partial charge in [-0.25, -0.2) is 0 Å². The van der Waals surface area contributed by atoms with Gasteiger partial charge in [-0.3, -0.25) is 9.59 Å². The van der Waals surface area contributed by atoms with Crippen LogP contribution in [0, 0.1) is 5.92 Å². The van der Waals surface area contributed by atoms with Gasteiger partial charge in [0.25, 0.3) is 5.91 Å². The molecule has 2 heterocycles. The Hall–Kier alpha value is -2.44. The molecular weight excluding hydrogens is 260 g/mol. The van der Waals surface area contributed by atoms with E-state index in [1.807, 2.05) is 0 Å². The fraction of sp³-hybridized carbons (Fsp3) is 0.385. The summed E-state index contributed by atoms with van der Waals surface area (Å²) in [7, 11) is 0. The van der Waals surface area contributed by atoms with Gasteiger partial charge in [-0.1, -0.05) is 0 Å². The Morgan fingerprint density at radius 3 is 2.90 bits per heavy atom. The van der Waals surface area contributed by atoms with Crippen molar-refractivity contribution in [2.45, 2.75) is 12.8 Å². The van der Waals surface area contributed by atoms with Crippen LogP contribution in [0.1, 0.15) is 23.2 Å². The Morgan fingerprint density at radius 2 is 2.10 bits per heavy atom. The molecule has 2 aromatic rings. The quantitative estimate of drug-likeness (QED) is 0.847. The molecule has 0 spiro atoms. The molecular formula is C13H14N4O3. The molecule has 1 aromatic heterocycles. The Balaban J connectivity index is 1.82. The molecule has 1 aliphatic heterocycles. The number of aromatic amines is 1. The lowest BCUT2D eigenvalue weighted by Gasteiger charge is -2.30. The smallest absolute Gasteiger partial charge is 0.308 e. The molecule has 0 bridgehead atoms. The van der Waals surface area contributed by atoms with Gasteiger partial charge in [-0.05, 0) is 31.0 Å². The molecule has 1 aliphatic rings. The summed E-state index contributed by atoms with van der Waals surface area (Å²) in [6.07, 6.45) is 1.34. The van der Waals surface area contributed by atoms with Gasteiger partial charge < -0.3 is 10.0 Å². The van der Waals surface area contributed by atoms with Crippen molar-refractivity contribution >= 4 is 22.9 Å². The maximum absolute atomic E-state index is 12.4. The Labute approximate surface area is 114 Å². The molecule has 0 aliphatic carbocycles. The first-order chi connectivity index (χ1) is 9.65. The zero-order chi connectivity index (χ0) is 14.1. The number of aromatic nitrogens is 3. The van der Waals surface area contributed by atoms with E-state index < -0.39 is 11.9 Å². The van der Waals surface area contributed by atoms with Crippen molar-refractivity contribution in [3.05, 3.63) is 23.8 Å². The maximum atomic E-state index is 12.4. The lowest BCUT2D eigenvalue weighted by molar-refractivity contribution is -0.143. The minimum atomic E-state index is -0.838. The highest BCUT2D eigenvalue weighted by Crippen LogP contribution is 2.20. The molecule has 7 heteroatoms. The third-order valence-corrected chi connectivity index (χ3v) is 3.62. The van der Waals surface area contributed by atoms with Crippen molar-refractivity contribution in [2.75, 3.05) is 13.1 Å². The number of likely N-dealkylation sites (tertiary alicyclic amines) is 1. The normalized spacial score (nSPS) is 19.2. The number of carboxylic acid groups (broad SMARTS) is 1. The molecule has 0 unspecified atom stereocenters. The minimum Gasteiger partial charge on any atom is -0.481 e. The number of carbonyl (C=O) groups excluding carboxylic acids is 1. The zero-order valence-electron chi connectivity index (χ0n) is 10.7. The number of H-pyrrole nitrogens is 1. The van der Waals surface area contributed by atoms with Crippen LogP contribution in [0.25, 0.3) is 11.0 Å². The summed E-state index contributed by atoms with van der Waals surface area (Å²) >= 11 is 0. The molecule has 104 valence electrons. The van der Waals surface area contributed by atoms with E-state index in [2.05, 4.69) is 15.4 Å². The van der Waals surface area contributed by atoms with Gasteiger partial charge in [-0.2, -0.15) is 15.4 Å². The van der Waals surface area contributed by atoms with Gasteiger partial charge in [0.1, 0.15) is 11.0 Å². The van der Waals surface area contributed by atoms with Gasteiger partial charge in [0.2, 0.25) is 0 Å². The van der Waals surface area contributed by atoms with Gasteiger partial charge in [0.05, 0.1) is 5.92 Å². The number of amides is 1. The molecule has 1 saturated heterocycles. The van der Waals surface area contributed by atoms with Crippen molar-refractivity contribution in [3.8, 4) is 0 Å². The van der Waals surface area contributed by atoms with Crippen molar-refractivity contribution in [1.82, 2.24) is 20.3 Å². The number of nitrogens with one attached hydrogen (secondary N) is 1. The first kappa shape index (κ1) is 12.6. The summed E-state index contributed by atoms with van der Waals surface area (Å²) in [4.78, 5) is 25.0. The van der Waals surface area contributed by atoms with Gasteiger partial charge in [-0.15, -0.1) is 0 Å². The average Bonchev–Trinajstić information content (AvgIpc) is 2.94. The molecule has 7 nitrogen and oxygen atoms in total. The van der Waals surface area contributed by atoms with E-state index >= 15 is 0 Å². The van der Waals surface area contributed by atoms with Gasteiger partial charge >= 0.3 is 5.97 Å². The fourth-order valence-corrected chi connectivity index (χ4v) is 2.52. The van der Waals surface area contributed by atoms with Crippen LogP contribution in [-0.2, 0) is 4.79 Å². The second kappa shape index (κ2) is 4.92. The number of nitrogens with zero attached hydrogens (tertiary/aromatic N) is 3. The summed E-state index contributed by atoms with van der Waals surface area (Å²) in [5.41, 5.74) is 1.84. The second-order valence-electron chi connectivity index (χ2n) is 4.96. The molecule has 0 radical (unpaired) electrons. The van der Waals surface area contributed by atoms with E-state index in [-0.39, 0.29) is 12.5 Å². The monoisotopic (exact) mass is 274 g/mol. The standard InChI is InChI=1S/C13H14N4O3/c18-12(17-5-1-2-9(7-17)13(19)20)8-3-4-10-11(6-8)15-16-14-10/h3-4,6,9H,1-2,5,7H2,(H,19,20)(H,14,15,16)/t9-/m1/s1. The number of hydrogen-bond donors (Lipinski definition) is 2. The van der Waals surface area contributed by atoms with E-state index in [1.54, 1.807) is 23.1 Å². The summed E-state index contributed by atoms with van der Waals surface area (Å²) in [6.45, 7) is 0.866. The summed E-state index contributed by atoms with van der Waals surface area (Å²) in [5, 5.41) is 19.4. The molecule has 3 rings (SSSR count). The summed E-state index contributed by atoms with van der Waals surface area (Å²) < 4.78 is 0. The van der Waals surface area contributed by atoms with Gasteiger partial charge in [0, 0.05) is 18.7 Å². The molecule has 1 aromatic carbocycles. The fourth-order valence-electron chi connectivity index (χ4n) is 2.52. The first-order valence-corrected chi connectivity index (χ1v) is 6.48. The summed E-state index contributed by atoms with van der Waals surface area (Å²) in [6, 6.07) is 5.09. The molecule has 0 saturated carbocycles. The molecule has 20 heavy (non-hydrogen) atoms. The van der Waals surface area contributed by atoms with Crippen molar-refractivity contribution < 1.29 is 14.7 Å². The van der Waals surface area contributed by atoms with Crippen LogP contribution in [0.15, 0.2) is 18.2 Å². The third kappa shape index (κ3) is 2.22. The zero-order valence-corrected chi connectivity index (χ0v) is 10.7. The highest BCUT2D eigenvalue weighted by atomic mass is 16.4. The molecule has 1 amide bonds. The average molecular weight is 274 g/mol. The van der Waals surface area contributed by atoms with Crippen LogP contribution in [0.4, 0.5) is 0 Å². The van der Waals surface area contributed by atoms with E-state index in [9.17, 15) is 9.59 Å². The number of carbonyl (C=O) groups is 2. The van der Waals surface area contributed by atoms with Crippen LogP contribution < -0.4 is 0 Å². The van der Waals surface area contributed by atoms with E-state index in [1.165, 1.54) is 0 Å². The highest BCUT2D eigenvalue weighted by Gasteiger charge is 2.28. The SMILES string of the molecule is O=C(O)[C@@H]1CCCN(C(=O)c2ccc3n[nH]nc3c2)C1. The first-order valence-electron chi connectivity index (χ1n) is 6.48. The predicted octanol–water partition coefficient (Wildman–Crippen LogP) is 0.895. The number of fused-ring (bicyclic) bond motifs is 1. The highest BCUT2D eigenvalue weighted by molar-refractivity contribution is 5.97. The number of piperidine rings is 1. The van der Waals surface area contributed by atoms with Crippen molar-refractivity contribution in [1.29, 1.82) is 0 Å². The van der Waals surface area contributed by atoms with Crippen LogP contribution in [0.2, 0.25) is 0 Å². The van der Waals surface area contributed by atoms with Crippen molar-refractivity contribution in [3.63, 3.8) is 0 Å². The number of hydrogen-bond acceptors (Lipinski definition) is 4. The lowest BCUT2D eigenvalue weighted by Crippen LogP contribution is -2.42. The lowest BCUT2D eigenvalue weighted by atomic mass is 9.97. The second-order valence-corrected chi connectivity index (χ2v) is 4.96. The Morgan fingerprint density at radius 1 is 1.30 bits per heavy atom. The third-order valence-electron chi connectivity index (χ3n) is 3.62. The van der Waals surface area contributed by atoms with E-state index in [4.69, 9.17) is 5.11 Å². The number of carboxylic acids is 1. The molecule has 1 atom stereocenters. The number of benzene rings is 1. The van der Waals surface area contributed by atoms with E-state index in [0.717, 1.165) is 6.42 Å². The minimum absolute atomic E-state index is 0.152. The maximum Gasteiger partial charge on any atom is 0.308 e. The molecule has 1 fully saturated rings. The summed E-state index contributed by atoms with van der Waals surface area (Å²) in [5.74, 6) is -1.46. The Kier molecular flexibility index (Phi) is 3.09. The molecule has 2 N–H and O–H groups in total. The van der Waals surface area contributed by atoms with Crippen LogP contribution in [0.3, 0.4) is 0 Å². The van der Waals surface area contributed by atoms with Crippen LogP contribution in [-0.4, -0.2) is 50.4 Å².